The minimum atomic E-state index is -4.29. The highest BCUT2D eigenvalue weighted by molar-refractivity contribution is 9.13. The summed E-state index contributed by atoms with van der Waals surface area (Å²) >= 11 is 8.84. The van der Waals surface area contributed by atoms with Gasteiger partial charge >= 0.3 is 0 Å². The molecule has 0 saturated carbocycles. The van der Waals surface area contributed by atoms with Gasteiger partial charge in [-0.1, -0.05) is 54.2 Å². The molecule has 0 saturated heterocycles. The SMILES string of the molecule is Cn1c(-c2cc(C=C3Sc4ccccc4N3CCCS(=O)(=O)[O-])c3ccccc3[n+]2-c2ccccc2)nc(Br)c1Br. The summed E-state index contributed by atoms with van der Waals surface area (Å²) in [5.74, 6) is 0.375. The van der Waals surface area contributed by atoms with Crippen molar-refractivity contribution in [3.8, 4) is 17.2 Å². The molecule has 5 aromatic rings. The van der Waals surface area contributed by atoms with Gasteiger partial charge in [0, 0.05) is 48.5 Å². The van der Waals surface area contributed by atoms with E-state index in [1.165, 1.54) is 0 Å². The Balaban J connectivity index is 1.57. The molecule has 6 rings (SSSR count). The number of imidazole rings is 1. The Kier molecular flexibility index (Phi) is 7.82. The first-order valence-electron chi connectivity index (χ1n) is 12.8. The van der Waals surface area contributed by atoms with Crippen molar-refractivity contribution in [2.75, 3.05) is 17.2 Å². The smallest absolute Gasteiger partial charge is 0.255 e. The summed E-state index contributed by atoms with van der Waals surface area (Å²) in [5, 5.41) is 2.02. The van der Waals surface area contributed by atoms with Crippen molar-refractivity contribution in [2.45, 2.75) is 11.3 Å². The minimum absolute atomic E-state index is 0.238. The Morgan fingerprint density at radius 1 is 1.00 bits per heavy atom. The molecule has 208 valence electrons. The first kappa shape index (κ1) is 28.2. The second-order valence-electron chi connectivity index (χ2n) is 9.57. The van der Waals surface area contributed by atoms with Gasteiger partial charge in [-0.25, -0.2) is 13.4 Å². The van der Waals surface area contributed by atoms with Crippen LogP contribution in [0.5, 0.6) is 0 Å². The van der Waals surface area contributed by atoms with Gasteiger partial charge in [-0.3, -0.25) is 0 Å². The lowest BCUT2D eigenvalue weighted by molar-refractivity contribution is -0.555. The molecule has 0 unspecified atom stereocenters. The van der Waals surface area contributed by atoms with Crippen LogP contribution in [0.1, 0.15) is 12.0 Å². The molecule has 3 aromatic carbocycles. The molecular weight excluding hydrogens is 688 g/mol. The Morgan fingerprint density at radius 3 is 2.44 bits per heavy atom. The highest BCUT2D eigenvalue weighted by atomic mass is 79.9. The molecule has 0 bridgehead atoms. The minimum Gasteiger partial charge on any atom is -0.748 e. The predicted octanol–water partition coefficient (Wildman–Crippen LogP) is 6.89. The molecule has 0 amide bonds. The van der Waals surface area contributed by atoms with Crippen LogP contribution in [0, 0.1) is 0 Å². The molecule has 0 radical (unpaired) electrons. The lowest BCUT2D eigenvalue weighted by atomic mass is 10.1. The van der Waals surface area contributed by atoms with Crippen LogP contribution in [0.15, 0.2) is 104 Å². The summed E-state index contributed by atoms with van der Waals surface area (Å²) in [4.78, 5) is 8.03. The van der Waals surface area contributed by atoms with E-state index in [2.05, 4.69) is 83.8 Å². The number of anilines is 1. The van der Waals surface area contributed by atoms with Crippen LogP contribution < -0.4 is 9.47 Å². The monoisotopic (exact) mass is 710 g/mol. The van der Waals surface area contributed by atoms with Gasteiger partial charge < -0.3 is 14.0 Å². The van der Waals surface area contributed by atoms with E-state index < -0.39 is 15.9 Å². The van der Waals surface area contributed by atoms with Crippen LogP contribution in [-0.4, -0.2) is 34.8 Å². The summed E-state index contributed by atoms with van der Waals surface area (Å²) in [5.41, 5.74) is 4.93. The number of benzene rings is 3. The number of pyridine rings is 1. The maximum atomic E-state index is 11.3. The van der Waals surface area contributed by atoms with E-state index in [1.807, 2.05) is 60.1 Å². The molecule has 1 aliphatic rings. The quantitative estimate of drug-likeness (QED) is 0.135. The van der Waals surface area contributed by atoms with Gasteiger partial charge in [-0.15, -0.1) is 4.57 Å². The maximum absolute atomic E-state index is 11.3. The lowest BCUT2D eigenvalue weighted by Crippen LogP contribution is -2.35. The third-order valence-corrected chi connectivity index (χ3v) is 10.8. The van der Waals surface area contributed by atoms with Crippen molar-refractivity contribution in [3.05, 3.63) is 105 Å². The maximum Gasteiger partial charge on any atom is 0.255 e. The van der Waals surface area contributed by atoms with Gasteiger partial charge in [0.15, 0.2) is 0 Å². The first-order chi connectivity index (χ1) is 19.7. The van der Waals surface area contributed by atoms with Crippen LogP contribution in [0.25, 0.3) is 34.2 Å². The Morgan fingerprint density at radius 2 is 1.71 bits per heavy atom. The molecule has 0 atom stereocenters. The largest absolute Gasteiger partial charge is 0.748 e. The van der Waals surface area contributed by atoms with Gasteiger partial charge in [-0.2, -0.15) is 0 Å². The van der Waals surface area contributed by atoms with E-state index in [0.717, 1.165) is 53.9 Å². The Bertz CT molecular complexity index is 1930. The van der Waals surface area contributed by atoms with Crippen LogP contribution in [-0.2, 0) is 17.2 Å². The highest BCUT2D eigenvalue weighted by Crippen LogP contribution is 2.47. The van der Waals surface area contributed by atoms with Crippen molar-refractivity contribution in [1.82, 2.24) is 9.55 Å². The molecule has 0 aliphatic carbocycles. The second-order valence-corrected chi connectivity index (χ2v) is 13.7. The summed E-state index contributed by atoms with van der Waals surface area (Å²) in [6.45, 7) is 0.415. The van der Waals surface area contributed by atoms with E-state index >= 15 is 0 Å². The fourth-order valence-electron chi connectivity index (χ4n) is 5.07. The summed E-state index contributed by atoms with van der Waals surface area (Å²) < 4.78 is 39.8. The van der Waals surface area contributed by atoms with Crippen molar-refractivity contribution in [3.63, 3.8) is 0 Å². The van der Waals surface area contributed by atoms with Crippen molar-refractivity contribution in [1.29, 1.82) is 0 Å². The second kappa shape index (κ2) is 11.4. The Hall–Kier alpha value is -2.96. The number of rotatable bonds is 7. The molecular formula is C30H24Br2N4O3S2. The highest BCUT2D eigenvalue weighted by Gasteiger charge is 2.29. The lowest BCUT2D eigenvalue weighted by Gasteiger charge is -2.21. The molecule has 0 spiro atoms. The van der Waals surface area contributed by atoms with Crippen LogP contribution in [0.2, 0.25) is 0 Å². The average Bonchev–Trinajstić information content (AvgIpc) is 3.44. The van der Waals surface area contributed by atoms with Gasteiger partial charge in [0.2, 0.25) is 17.0 Å². The molecule has 0 N–H and O–H groups in total. The number of halogens is 2. The molecule has 11 heteroatoms. The zero-order valence-electron chi connectivity index (χ0n) is 21.9. The van der Waals surface area contributed by atoms with E-state index in [0.29, 0.717) is 11.1 Å². The average molecular weight is 712 g/mol. The number of fused-ring (bicyclic) bond motifs is 2. The van der Waals surface area contributed by atoms with Gasteiger partial charge in [0.25, 0.3) is 5.69 Å². The molecule has 7 nitrogen and oxygen atoms in total. The summed E-state index contributed by atoms with van der Waals surface area (Å²) in [6, 6.07) is 28.7. The Labute approximate surface area is 259 Å². The van der Waals surface area contributed by atoms with Gasteiger partial charge in [0.1, 0.15) is 9.21 Å². The number of hydrogen-bond acceptors (Lipinski definition) is 6. The van der Waals surface area contributed by atoms with Crippen molar-refractivity contribution < 1.29 is 17.5 Å². The van der Waals surface area contributed by atoms with E-state index in [9.17, 15) is 13.0 Å². The molecule has 2 aromatic heterocycles. The summed E-state index contributed by atoms with van der Waals surface area (Å²) in [6.07, 6.45) is 2.38. The molecule has 0 fully saturated rings. The first-order valence-corrected chi connectivity index (χ1v) is 16.8. The molecule has 41 heavy (non-hydrogen) atoms. The fraction of sp³-hybridized carbons (Fsp3) is 0.133. The number of para-hydroxylation sites is 3. The molecule has 1 aliphatic heterocycles. The van der Waals surface area contributed by atoms with Gasteiger partial charge in [-0.05, 0) is 68.1 Å². The topological polar surface area (TPSA) is 82.1 Å². The standard InChI is InChI=1S/C30H24Br2N4O3S2/c1-34-29(32)28(31)33-30(34)25-18-20(22-12-5-6-13-23(22)36(25)21-10-3-2-4-11-21)19-27-35(16-9-17-41(37,38)39)24-14-7-8-15-26(24)40-27/h2-8,10-15,18-19H,9,16-17H2,1H3. The van der Waals surface area contributed by atoms with Crippen LogP contribution in [0.3, 0.4) is 0 Å². The van der Waals surface area contributed by atoms with Crippen molar-refractivity contribution in [2.24, 2.45) is 7.05 Å². The predicted molar refractivity (Wildman–Crippen MR) is 170 cm³/mol. The third-order valence-electron chi connectivity index (χ3n) is 6.91. The fourth-order valence-corrected chi connectivity index (χ4v) is 7.38. The normalized spacial score (nSPS) is 14.2. The molecule has 3 heterocycles. The van der Waals surface area contributed by atoms with Crippen LogP contribution >= 0.6 is 43.6 Å². The van der Waals surface area contributed by atoms with Gasteiger partial charge in [0.05, 0.1) is 26.2 Å². The zero-order valence-corrected chi connectivity index (χ0v) is 26.7. The number of hydrogen-bond donors (Lipinski definition) is 0. The van der Waals surface area contributed by atoms with E-state index in [-0.39, 0.29) is 6.42 Å². The van der Waals surface area contributed by atoms with E-state index in [4.69, 9.17) is 4.98 Å². The number of thioether (sulfide) groups is 1. The van der Waals surface area contributed by atoms with Crippen LogP contribution in [0.4, 0.5) is 5.69 Å². The third kappa shape index (κ3) is 5.61. The number of aromatic nitrogens is 3. The number of nitrogens with zero attached hydrogens (tertiary/aromatic N) is 4. The van der Waals surface area contributed by atoms with Crippen molar-refractivity contribution >= 4 is 76.4 Å². The summed E-state index contributed by atoms with van der Waals surface area (Å²) in [7, 11) is -2.33. The van der Waals surface area contributed by atoms with E-state index in [1.54, 1.807) is 11.8 Å². The zero-order chi connectivity index (χ0) is 28.7.